The lowest BCUT2D eigenvalue weighted by Crippen LogP contribution is -2.31. The second-order valence-electron chi connectivity index (χ2n) is 6.57. The van der Waals surface area contributed by atoms with Crippen LogP contribution in [0.2, 0.25) is 5.02 Å². The molecule has 0 aliphatic rings. The van der Waals surface area contributed by atoms with E-state index in [0.29, 0.717) is 26.8 Å². The number of aryl methyl sites for hydroxylation is 1. The molecule has 0 aliphatic carbocycles. The van der Waals surface area contributed by atoms with E-state index >= 15 is 0 Å². The predicted molar refractivity (Wildman–Crippen MR) is 114 cm³/mol. The number of para-hydroxylation sites is 1. The summed E-state index contributed by atoms with van der Waals surface area (Å²) in [4.78, 5) is 30.2. The van der Waals surface area contributed by atoms with Crippen LogP contribution in [0.3, 0.4) is 0 Å². The standard InChI is InChI=1S/C21H20ClN3O2S/c1-12(2)23-19(26)16-6-4-5-7-17(16)25-20(27)18-13(3)24-21(28-18)14-8-10-15(22)11-9-14/h4-12H,1-3H3,(H,23,26)(H,25,27). The van der Waals surface area contributed by atoms with Gasteiger partial charge in [-0.15, -0.1) is 11.3 Å². The minimum atomic E-state index is -0.292. The number of anilines is 1. The maximum atomic E-state index is 12.8. The van der Waals surface area contributed by atoms with Crippen LogP contribution < -0.4 is 10.6 Å². The molecule has 2 aromatic carbocycles. The highest BCUT2D eigenvalue weighted by Crippen LogP contribution is 2.29. The van der Waals surface area contributed by atoms with Crippen molar-refractivity contribution in [3.63, 3.8) is 0 Å². The van der Waals surface area contributed by atoms with E-state index in [1.54, 1.807) is 43.3 Å². The summed E-state index contributed by atoms with van der Waals surface area (Å²) in [5, 5.41) is 7.07. The van der Waals surface area contributed by atoms with Gasteiger partial charge >= 0.3 is 0 Å². The van der Waals surface area contributed by atoms with Crippen LogP contribution in [0.25, 0.3) is 10.6 Å². The largest absolute Gasteiger partial charge is 0.350 e. The second-order valence-corrected chi connectivity index (χ2v) is 8.00. The third-order valence-corrected chi connectivity index (χ3v) is 5.39. The summed E-state index contributed by atoms with van der Waals surface area (Å²) < 4.78 is 0. The third kappa shape index (κ3) is 4.58. The van der Waals surface area contributed by atoms with Crippen LogP contribution in [0.4, 0.5) is 5.69 Å². The number of thiazole rings is 1. The van der Waals surface area contributed by atoms with Crippen LogP contribution in [0, 0.1) is 6.92 Å². The number of amides is 2. The first kappa shape index (κ1) is 20.0. The lowest BCUT2D eigenvalue weighted by Gasteiger charge is -2.12. The van der Waals surface area contributed by atoms with Gasteiger partial charge in [-0.1, -0.05) is 35.9 Å². The Morgan fingerprint density at radius 3 is 2.39 bits per heavy atom. The monoisotopic (exact) mass is 413 g/mol. The number of carbonyl (C=O) groups excluding carboxylic acids is 2. The smallest absolute Gasteiger partial charge is 0.267 e. The van der Waals surface area contributed by atoms with Gasteiger partial charge in [0.15, 0.2) is 0 Å². The normalized spacial score (nSPS) is 10.8. The van der Waals surface area contributed by atoms with E-state index in [1.165, 1.54) is 11.3 Å². The average molecular weight is 414 g/mol. The molecule has 3 aromatic rings. The Balaban J connectivity index is 1.85. The maximum Gasteiger partial charge on any atom is 0.267 e. The van der Waals surface area contributed by atoms with Gasteiger partial charge in [-0.3, -0.25) is 9.59 Å². The SMILES string of the molecule is Cc1nc(-c2ccc(Cl)cc2)sc1C(=O)Nc1ccccc1C(=O)NC(C)C. The van der Waals surface area contributed by atoms with E-state index in [2.05, 4.69) is 15.6 Å². The van der Waals surface area contributed by atoms with E-state index in [-0.39, 0.29) is 17.9 Å². The highest BCUT2D eigenvalue weighted by molar-refractivity contribution is 7.17. The quantitative estimate of drug-likeness (QED) is 0.606. The molecule has 5 nitrogen and oxygen atoms in total. The Bertz CT molecular complexity index is 1010. The van der Waals surface area contributed by atoms with Gasteiger partial charge in [0.05, 0.1) is 16.9 Å². The van der Waals surface area contributed by atoms with Gasteiger partial charge < -0.3 is 10.6 Å². The van der Waals surface area contributed by atoms with Gasteiger partial charge in [-0.2, -0.15) is 0 Å². The summed E-state index contributed by atoms with van der Waals surface area (Å²) in [5.74, 6) is -0.520. The zero-order valence-electron chi connectivity index (χ0n) is 15.7. The van der Waals surface area contributed by atoms with Crippen molar-refractivity contribution >= 4 is 40.4 Å². The van der Waals surface area contributed by atoms with Crippen LogP contribution in [0.1, 0.15) is 39.6 Å². The Hall–Kier alpha value is -2.70. The molecule has 28 heavy (non-hydrogen) atoms. The molecule has 0 fully saturated rings. The molecule has 0 saturated carbocycles. The van der Waals surface area contributed by atoms with Crippen LogP contribution in [-0.4, -0.2) is 22.8 Å². The second kappa shape index (κ2) is 8.54. The number of halogens is 1. The van der Waals surface area contributed by atoms with Gasteiger partial charge in [0.2, 0.25) is 0 Å². The lowest BCUT2D eigenvalue weighted by molar-refractivity contribution is 0.0944. The van der Waals surface area contributed by atoms with E-state index in [1.807, 2.05) is 26.0 Å². The molecule has 1 heterocycles. The zero-order valence-corrected chi connectivity index (χ0v) is 17.3. The van der Waals surface area contributed by atoms with Gasteiger partial charge in [-0.05, 0) is 45.0 Å². The molecule has 2 N–H and O–H groups in total. The molecule has 0 unspecified atom stereocenters. The van der Waals surface area contributed by atoms with Crippen molar-refractivity contribution in [3.8, 4) is 10.6 Å². The minimum absolute atomic E-state index is 0.00179. The molecule has 0 bridgehead atoms. The minimum Gasteiger partial charge on any atom is -0.350 e. The van der Waals surface area contributed by atoms with Gasteiger partial charge in [0.1, 0.15) is 9.88 Å². The summed E-state index contributed by atoms with van der Waals surface area (Å²) >= 11 is 7.24. The average Bonchev–Trinajstić information content (AvgIpc) is 3.04. The summed E-state index contributed by atoms with van der Waals surface area (Å²) in [7, 11) is 0. The van der Waals surface area contributed by atoms with Crippen molar-refractivity contribution in [2.45, 2.75) is 26.8 Å². The molecule has 0 radical (unpaired) electrons. The first-order valence-corrected chi connectivity index (χ1v) is 9.99. The fraction of sp³-hybridized carbons (Fsp3) is 0.190. The van der Waals surface area contributed by atoms with Gasteiger partial charge in [0, 0.05) is 16.6 Å². The molecule has 1 aromatic heterocycles. The third-order valence-electron chi connectivity index (χ3n) is 3.93. The number of benzene rings is 2. The molecular weight excluding hydrogens is 394 g/mol. The molecule has 3 rings (SSSR count). The van der Waals surface area contributed by atoms with Crippen LogP contribution in [0.15, 0.2) is 48.5 Å². The summed E-state index contributed by atoms with van der Waals surface area (Å²) in [6.07, 6.45) is 0. The van der Waals surface area contributed by atoms with E-state index in [4.69, 9.17) is 11.6 Å². The highest BCUT2D eigenvalue weighted by atomic mass is 35.5. The summed E-state index contributed by atoms with van der Waals surface area (Å²) in [5.41, 5.74) is 2.42. The lowest BCUT2D eigenvalue weighted by atomic mass is 10.1. The molecule has 7 heteroatoms. The van der Waals surface area contributed by atoms with E-state index < -0.39 is 0 Å². The van der Waals surface area contributed by atoms with Crippen LogP contribution in [0.5, 0.6) is 0 Å². The van der Waals surface area contributed by atoms with Crippen molar-refractivity contribution in [2.75, 3.05) is 5.32 Å². The zero-order chi connectivity index (χ0) is 20.3. The highest BCUT2D eigenvalue weighted by Gasteiger charge is 2.19. The number of hydrogen-bond acceptors (Lipinski definition) is 4. The summed E-state index contributed by atoms with van der Waals surface area (Å²) in [6, 6.07) is 14.3. The molecular formula is C21H20ClN3O2S. The number of nitrogens with zero attached hydrogens (tertiary/aromatic N) is 1. The van der Waals surface area contributed by atoms with Crippen molar-refractivity contribution in [3.05, 3.63) is 69.7 Å². The predicted octanol–water partition coefficient (Wildman–Crippen LogP) is 5.16. The Labute approximate surface area is 172 Å². The first-order chi connectivity index (χ1) is 13.3. The van der Waals surface area contributed by atoms with E-state index in [0.717, 1.165) is 10.6 Å². The number of carbonyl (C=O) groups is 2. The number of hydrogen-bond donors (Lipinski definition) is 2. The van der Waals surface area contributed by atoms with Crippen molar-refractivity contribution in [1.82, 2.24) is 10.3 Å². The van der Waals surface area contributed by atoms with Crippen LogP contribution >= 0.6 is 22.9 Å². The van der Waals surface area contributed by atoms with Crippen molar-refractivity contribution in [1.29, 1.82) is 0 Å². The Morgan fingerprint density at radius 2 is 1.71 bits per heavy atom. The molecule has 0 atom stereocenters. The molecule has 0 aliphatic heterocycles. The van der Waals surface area contributed by atoms with Gasteiger partial charge in [0.25, 0.3) is 11.8 Å². The maximum absolute atomic E-state index is 12.8. The number of rotatable bonds is 5. The van der Waals surface area contributed by atoms with Gasteiger partial charge in [-0.25, -0.2) is 4.98 Å². The summed E-state index contributed by atoms with van der Waals surface area (Å²) in [6.45, 7) is 5.57. The Morgan fingerprint density at radius 1 is 1.04 bits per heavy atom. The number of aromatic nitrogens is 1. The van der Waals surface area contributed by atoms with Crippen LogP contribution in [-0.2, 0) is 0 Å². The Kier molecular flexibility index (Phi) is 6.11. The fourth-order valence-corrected chi connectivity index (χ4v) is 3.73. The van der Waals surface area contributed by atoms with E-state index in [9.17, 15) is 9.59 Å². The van der Waals surface area contributed by atoms with Crippen molar-refractivity contribution in [2.24, 2.45) is 0 Å². The topological polar surface area (TPSA) is 71.1 Å². The molecule has 2 amide bonds. The molecule has 0 saturated heterocycles. The molecule has 144 valence electrons. The fourth-order valence-electron chi connectivity index (χ4n) is 2.63. The number of nitrogens with one attached hydrogen (secondary N) is 2. The van der Waals surface area contributed by atoms with Crippen molar-refractivity contribution < 1.29 is 9.59 Å². The first-order valence-electron chi connectivity index (χ1n) is 8.79. The molecule has 0 spiro atoms.